The maximum Gasteiger partial charge on any atom is 0.573 e. The Morgan fingerprint density at radius 3 is 2.35 bits per heavy atom. The van der Waals surface area contributed by atoms with Crippen molar-refractivity contribution in [1.29, 1.82) is 0 Å². The standard InChI is InChI=1S/C13H11F3N2O2/c14-13(15,16)20-10-3-1-8(2-4-10)11-9(7-19)5-6-18-12(11)17/h1-6,19H,7H2,(H2,17,18). The Bertz CT molecular complexity index is 598. The fourth-order valence-electron chi connectivity index (χ4n) is 1.81. The average molecular weight is 284 g/mol. The number of nitrogens with zero attached hydrogens (tertiary/aromatic N) is 1. The highest BCUT2D eigenvalue weighted by molar-refractivity contribution is 5.77. The lowest BCUT2D eigenvalue weighted by Gasteiger charge is -2.12. The number of anilines is 1. The van der Waals surface area contributed by atoms with Crippen LogP contribution in [0.4, 0.5) is 19.0 Å². The van der Waals surface area contributed by atoms with E-state index in [0.717, 1.165) is 0 Å². The largest absolute Gasteiger partial charge is 0.573 e. The number of pyridine rings is 1. The van der Waals surface area contributed by atoms with Crippen molar-refractivity contribution >= 4 is 5.82 Å². The number of hydrogen-bond acceptors (Lipinski definition) is 4. The van der Waals surface area contributed by atoms with Crippen LogP contribution in [0.3, 0.4) is 0 Å². The topological polar surface area (TPSA) is 68.4 Å². The Morgan fingerprint density at radius 2 is 1.80 bits per heavy atom. The SMILES string of the molecule is Nc1nccc(CO)c1-c1ccc(OC(F)(F)F)cc1. The van der Waals surface area contributed by atoms with Gasteiger partial charge in [-0.1, -0.05) is 12.1 Å². The Morgan fingerprint density at radius 1 is 1.15 bits per heavy atom. The van der Waals surface area contributed by atoms with Gasteiger partial charge in [0.05, 0.1) is 6.61 Å². The molecule has 2 aromatic rings. The molecule has 0 atom stereocenters. The van der Waals surface area contributed by atoms with Crippen LogP contribution in [0.2, 0.25) is 0 Å². The van der Waals surface area contributed by atoms with Gasteiger partial charge in [0.25, 0.3) is 0 Å². The Hall–Kier alpha value is -2.28. The van der Waals surface area contributed by atoms with E-state index in [-0.39, 0.29) is 18.2 Å². The van der Waals surface area contributed by atoms with Gasteiger partial charge >= 0.3 is 6.36 Å². The first kappa shape index (κ1) is 14.1. The minimum atomic E-state index is -4.73. The summed E-state index contributed by atoms with van der Waals surface area (Å²) in [5.41, 5.74) is 7.32. The van der Waals surface area contributed by atoms with Crippen LogP contribution in [0.1, 0.15) is 5.56 Å². The average Bonchev–Trinajstić information content (AvgIpc) is 2.38. The maximum absolute atomic E-state index is 12.1. The van der Waals surface area contributed by atoms with Crippen LogP contribution in [-0.2, 0) is 6.61 Å². The van der Waals surface area contributed by atoms with Crippen LogP contribution in [0.25, 0.3) is 11.1 Å². The second-order valence-corrected chi connectivity index (χ2v) is 3.96. The van der Waals surface area contributed by atoms with Crippen molar-refractivity contribution in [2.45, 2.75) is 13.0 Å². The first-order valence-corrected chi connectivity index (χ1v) is 5.61. The molecule has 0 saturated carbocycles. The summed E-state index contributed by atoms with van der Waals surface area (Å²) in [5, 5.41) is 9.25. The Labute approximate surface area is 112 Å². The molecule has 4 nitrogen and oxygen atoms in total. The molecule has 0 fully saturated rings. The van der Waals surface area contributed by atoms with Gasteiger partial charge in [-0.05, 0) is 29.3 Å². The van der Waals surface area contributed by atoms with Gasteiger partial charge in [0.15, 0.2) is 0 Å². The number of hydrogen-bond donors (Lipinski definition) is 2. The van der Waals surface area contributed by atoms with Crippen LogP contribution >= 0.6 is 0 Å². The van der Waals surface area contributed by atoms with Gasteiger partial charge in [0.2, 0.25) is 0 Å². The van der Waals surface area contributed by atoms with E-state index >= 15 is 0 Å². The molecule has 1 aromatic heterocycles. The maximum atomic E-state index is 12.1. The summed E-state index contributed by atoms with van der Waals surface area (Å²) in [6, 6.07) is 6.79. The van der Waals surface area contributed by atoms with Crippen molar-refractivity contribution < 1.29 is 23.0 Å². The molecule has 0 bridgehead atoms. The van der Waals surface area contributed by atoms with Gasteiger partial charge in [-0.2, -0.15) is 0 Å². The fourth-order valence-corrected chi connectivity index (χ4v) is 1.81. The van der Waals surface area contributed by atoms with Crippen molar-refractivity contribution in [3.8, 4) is 16.9 Å². The molecular formula is C13H11F3N2O2. The summed E-state index contributed by atoms with van der Waals surface area (Å²) in [7, 11) is 0. The normalized spacial score (nSPS) is 11.4. The third kappa shape index (κ3) is 3.18. The third-order valence-corrected chi connectivity index (χ3v) is 2.61. The molecule has 1 aromatic carbocycles. The van der Waals surface area contributed by atoms with E-state index < -0.39 is 6.36 Å². The van der Waals surface area contributed by atoms with Crippen LogP contribution in [0.15, 0.2) is 36.5 Å². The van der Waals surface area contributed by atoms with E-state index in [1.165, 1.54) is 30.5 Å². The molecule has 0 saturated heterocycles. The molecule has 2 rings (SSSR count). The molecular weight excluding hydrogens is 273 g/mol. The van der Waals surface area contributed by atoms with Crippen LogP contribution in [0, 0.1) is 0 Å². The van der Waals surface area contributed by atoms with Crippen molar-refractivity contribution in [1.82, 2.24) is 4.98 Å². The van der Waals surface area contributed by atoms with E-state index in [4.69, 9.17) is 5.73 Å². The second kappa shape index (κ2) is 5.38. The molecule has 3 N–H and O–H groups in total. The number of nitrogen functional groups attached to an aromatic ring is 1. The second-order valence-electron chi connectivity index (χ2n) is 3.96. The smallest absolute Gasteiger partial charge is 0.406 e. The lowest BCUT2D eigenvalue weighted by molar-refractivity contribution is -0.274. The van der Waals surface area contributed by atoms with E-state index in [1.807, 2.05) is 0 Å². The van der Waals surface area contributed by atoms with Crippen molar-refractivity contribution in [3.63, 3.8) is 0 Å². The van der Waals surface area contributed by atoms with Crippen molar-refractivity contribution in [3.05, 3.63) is 42.1 Å². The number of ether oxygens (including phenoxy) is 1. The Kier molecular flexibility index (Phi) is 3.80. The molecule has 0 aliphatic heterocycles. The highest BCUT2D eigenvalue weighted by Gasteiger charge is 2.31. The highest BCUT2D eigenvalue weighted by atomic mass is 19.4. The number of benzene rings is 1. The highest BCUT2D eigenvalue weighted by Crippen LogP contribution is 2.31. The molecule has 0 spiro atoms. The van der Waals surface area contributed by atoms with Gasteiger partial charge < -0.3 is 15.6 Å². The monoisotopic (exact) mass is 284 g/mol. The first-order chi connectivity index (χ1) is 9.40. The summed E-state index contributed by atoms with van der Waals surface area (Å²) < 4.78 is 40.0. The van der Waals surface area contributed by atoms with E-state index in [1.54, 1.807) is 6.07 Å². The lowest BCUT2D eigenvalue weighted by atomic mass is 10.0. The molecule has 0 unspecified atom stereocenters. The summed E-state index contributed by atoms with van der Waals surface area (Å²) in [6.45, 7) is -0.247. The molecule has 1 heterocycles. The fraction of sp³-hybridized carbons (Fsp3) is 0.154. The minimum absolute atomic E-state index is 0.195. The number of aliphatic hydroxyl groups is 1. The zero-order valence-corrected chi connectivity index (χ0v) is 10.2. The van der Waals surface area contributed by atoms with E-state index in [9.17, 15) is 18.3 Å². The first-order valence-electron chi connectivity index (χ1n) is 5.61. The van der Waals surface area contributed by atoms with Crippen LogP contribution in [0.5, 0.6) is 5.75 Å². The minimum Gasteiger partial charge on any atom is -0.406 e. The summed E-state index contributed by atoms with van der Waals surface area (Å²) >= 11 is 0. The van der Waals surface area contributed by atoms with Crippen molar-refractivity contribution in [2.75, 3.05) is 5.73 Å². The van der Waals surface area contributed by atoms with Crippen LogP contribution < -0.4 is 10.5 Å². The quantitative estimate of drug-likeness (QED) is 0.909. The molecule has 0 aliphatic rings. The van der Waals surface area contributed by atoms with Gasteiger partial charge in [-0.25, -0.2) is 4.98 Å². The molecule has 106 valence electrons. The van der Waals surface area contributed by atoms with Gasteiger partial charge in [-0.15, -0.1) is 13.2 Å². The van der Waals surface area contributed by atoms with Gasteiger partial charge in [0, 0.05) is 11.8 Å². The lowest BCUT2D eigenvalue weighted by Crippen LogP contribution is -2.16. The summed E-state index contributed by atoms with van der Waals surface area (Å²) in [6.07, 6.45) is -3.28. The number of alkyl halides is 3. The van der Waals surface area contributed by atoms with Gasteiger partial charge in [-0.3, -0.25) is 0 Å². The zero-order chi connectivity index (χ0) is 14.8. The number of aliphatic hydroxyl groups excluding tert-OH is 1. The van der Waals surface area contributed by atoms with Crippen molar-refractivity contribution in [2.24, 2.45) is 0 Å². The Balaban J connectivity index is 2.36. The number of nitrogens with two attached hydrogens (primary N) is 1. The third-order valence-electron chi connectivity index (χ3n) is 2.61. The number of rotatable bonds is 3. The summed E-state index contributed by atoms with van der Waals surface area (Å²) in [4.78, 5) is 3.90. The van der Waals surface area contributed by atoms with E-state index in [0.29, 0.717) is 16.7 Å². The molecule has 0 aliphatic carbocycles. The van der Waals surface area contributed by atoms with Gasteiger partial charge in [0.1, 0.15) is 11.6 Å². The summed E-state index contributed by atoms with van der Waals surface area (Å²) in [5.74, 6) is -0.129. The molecule has 0 amide bonds. The zero-order valence-electron chi connectivity index (χ0n) is 10.2. The predicted octanol–water partition coefficient (Wildman–Crippen LogP) is 2.72. The van der Waals surface area contributed by atoms with Crippen LogP contribution in [-0.4, -0.2) is 16.5 Å². The molecule has 20 heavy (non-hydrogen) atoms. The molecule has 0 radical (unpaired) electrons. The number of aromatic nitrogens is 1. The van der Waals surface area contributed by atoms with E-state index in [2.05, 4.69) is 9.72 Å². The predicted molar refractivity (Wildman–Crippen MR) is 66.7 cm³/mol. The molecule has 7 heteroatoms. The number of halogens is 3.